The number of rotatable bonds is 6. The van der Waals surface area contributed by atoms with Crippen LogP contribution < -0.4 is 4.74 Å². The molecule has 0 saturated carbocycles. The lowest BCUT2D eigenvalue weighted by Gasteiger charge is -2.31. The average molecular weight is 514 g/mol. The molecule has 1 aromatic carbocycles. The van der Waals surface area contributed by atoms with E-state index in [1.54, 1.807) is 6.92 Å². The summed E-state index contributed by atoms with van der Waals surface area (Å²) in [6.45, 7) is -0.608. The van der Waals surface area contributed by atoms with Crippen molar-refractivity contribution in [1.29, 1.82) is 0 Å². The van der Waals surface area contributed by atoms with Gasteiger partial charge < -0.3 is 14.6 Å². The number of ether oxygens (including phenoxy) is 2. The number of carbonyl (C=O) groups excluding carboxylic acids is 2. The summed E-state index contributed by atoms with van der Waals surface area (Å²) in [5.41, 5.74) is -5.59. The zero-order chi connectivity index (χ0) is 21.0. The summed E-state index contributed by atoms with van der Waals surface area (Å²) in [5.74, 6) is -2.07. The van der Waals surface area contributed by atoms with Crippen LogP contribution in [0.2, 0.25) is 0 Å². The third-order valence-corrected chi connectivity index (χ3v) is 4.66. The Bertz CT molecular complexity index is 657. The summed E-state index contributed by atoms with van der Waals surface area (Å²) >= 11 is 1.85. The Morgan fingerprint density at radius 3 is 1.96 bits per heavy atom. The smallest absolute Gasteiger partial charge is 0.429 e. The van der Waals surface area contributed by atoms with Crippen LogP contribution in [-0.4, -0.2) is 45.5 Å². The third-order valence-electron chi connectivity index (χ3n) is 3.27. The van der Waals surface area contributed by atoms with Crippen LogP contribution in [-0.2, 0) is 9.53 Å². The average Bonchev–Trinajstić information content (AvgIpc) is 2.57. The van der Waals surface area contributed by atoms with Gasteiger partial charge in [-0.1, -0.05) is 29.5 Å². The Morgan fingerprint density at radius 2 is 1.56 bits per heavy atom. The molecule has 0 radical (unpaired) electrons. The van der Waals surface area contributed by atoms with Gasteiger partial charge in [0.1, 0.15) is 16.3 Å². The number of hydrogen-bond acceptors (Lipinski definition) is 5. The molecule has 0 aliphatic heterocycles. The number of esters is 2. The van der Waals surface area contributed by atoms with Gasteiger partial charge in [0.2, 0.25) is 0 Å². The Labute approximate surface area is 162 Å². The molecule has 0 aromatic heterocycles. The Kier molecular flexibility index (Phi) is 7.50. The summed E-state index contributed by atoms with van der Waals surface area (Å²) in [5, 5.41) is 8.91. The van der Waals surface area contributed by atoms with Gasteiger partial charge in [-0.05, 0) is 30.7 Å². The Morgan fingerprint density at radius 1 is 1.07 bits per heavy atom. The quantitative estimate of drug-likeness (QED) is 0.206. The van der Waals surface area contributed by atoms with E-state index in [4.69, 9.17) is 9.84 Å². The van der Waals surface area contributed by atoms with Crippen LogP contribution in [0.15, 0.2) is 24.3 Å². The number of aliphatic hydroxyl groups is 1. The van der Waals surface area contributed by atoms with Gasteiger partial charge in [0.25, 0.3) is 5.60 Å². The summed E-state index contributed by atoms with van der Waals surface area (Å²) in [6.07, 6.45) is -11.7. The van der Waals surface area contributed by atoms with Crippen molar-refractivity contribution in [1.82, 2.24) is 0 Å². The predicted molar refractivity (Wildman–Crippen MR) is 87.5 cm³/mol. The second-order valence-electron chi connectivity index (χ2n) is 5.25. The van der Waals surface area contributed by atoms with Gasteiger partial charge in [0, 0.05) is 0 Å². The highest BCUT2D eigenvalue weighted by Crippen LogP contribution is 2.43. The van der Waals surface area contributed by atoms with Gasteiger partial charge in [-0.2, -0.15) is 26.3 Å². The summed E-state index contributed by atoms with van der Waals surface area (Å²) < 4.78 is 83.6. The molecule has 12 heteroatoms. The molecule has 0 fully saturated rings. The van der Waals surface area contributed by atoms with Crippen molar-refractivity contribution >= 4 is 34.5 Å². The van der Waals surface area contributed by atoms with Crippen LogP contribution in [0.4, 0.5) is 26.3 Å². The molecule has 1 atom stereocenters. The SMILES string of the molecule is CCC(I)C(=O)Oc1ccc(C(=O)OCC(O)(C(F)(F)F)C(F)(F)F)cc1. The minimum absolute atomic E-state index is 0.0220. The second kappa shape index (κ2) is 8.63. The fourth-order valence-electron chi connectivity index (χ4n) is 1.58. The van der Waals surface area contributed by atoms with Crippen molar-refractivity contribution < 1.29 is 50.5 Å². The first-order valence-electron chi connectivity index (χ1n) is 7.21. The molecule has 1 N–H and O–H groups in total. The minimum atomic E-state index is -6.10. The molecule has 1 unspecified atom stereocenters. The zero-order valence-corrected chi connectivity index (χ0v) is 15.7. The normalized spacial score (nSPS) is 13.8. The molecule has 152 valence electrons. The van der Waals surface area contributed by atoms with Crippen LogP contribution in [0.3, 0.4) is 0 Å². The van der Waals surface area contributed by atoms with E-state index in [0.717, 1.165) is 24.3 Å². The molecule has 0 aliphatic carbocycles. The summed E-state index contributed by atoms with van der Waals surface area (Å²) in [7, 11) is 0. The lowest BCUT2D eigenvalue weighted by molar-refractivity contribution is -0.374. The van der Waals surface area contributed by atoms with E-state index in [1.165, 1.54) is 0 Å². The first-order valence-corrected chi connectivity index (χ1v) is 8.46. The molecular formula is C15H13F6IO5. The molecule has 0 aliphatic rings. The topological polar surface area (TPSA) is 72.8 Å². The van der Waals surface area contributed by atoms with E-state index >= 15 is 0 Å². The first kappa shape index (κ1) is 23.5. The van der Waals surface area contributed by atoms with Gasteiger partial charge in [-0.25, -0.2) is 4.79 Å². The number of halogens is 7. The van der Waals surface area contributed by atoms with Crippen LogP contribution in [0.25, 0.3) is 0 Å². The van der Waals surface area contributed by atoms with Gasteiger partial charge in [-0.15, -0.1) is 0 Å². The van der Waals surface area contributed by atoms with Gasteiger partial charge >= 0.3 is 24.3 Å². The molecular weight excluding hydrogens is 501 g/mol. The predicted octanol–water partition coefficient (Wildman–Crippen LogP) is 3.82. The second-order valence-corrected chi connectivity index (χ2v) is 6.76. The van der Waals surface area contributed by atoms with Crippen molar-refractivity contribution in [3.8, 4) is 5.75 Å². The molecule has 0 heterocycles. The van der Waals surface area contributed by atoms with Crippen molar-refractivity contribution in [3.05, 3.63) is 29.8 Å². The van der Waals surface area contributed by atoms with Gasteiger partial charge in [-0.3, -0.25) is 4.79 Å². The standard InChI is InChI=1S/C15H13F6IO5/c1-2-10(22)12(24)27-9-5-3-8(4-6-9)11(23)26-7-13(25,14(16,17)18)15(19,20)21/h3-6,10,25H,2,7H2,1H3. The Balaban J connectivity index is 2.82. The molecule has 0 amide bonds. The lowest BCUT2D eigenvalue weighted by Crippen LogP contribution is -2.60. The third kappa shape index (κ3) is 5.70. The van der Waals surface area contributed by atoms with Crippen molar-refractivity contribution in [2.75, 3.05) is 6.61 Å². The van der Waals surface area contributed by atoms with Crippen LogP contribution >= 0.6 is 22.6 Å². The van der Waals surface area contributed by atoms with E-state index in [0.29, 0.717) is 6.42 Å². The van der Waals surface area contributed by atoms with Gasteiger partial charge in [0.15, 0.2) is 0 Å². The van der Waals surface area contributed by atoms with Crippen molar-refractivity contribution in [3.63, 3.8) is 0 Å². The number of carbonyl (C=O) groups is 2. The Hall–Kier alpha value is -1.57. The van der Waals surface area contributed by atoms with E-state index in [9.17, 15) is 35.9 Å². The monoisotopic (exact) mass is 514 g/mol. The van der Waals surface area contributed by atoms with Gasteiger partial charge in [0.05, 0.1) is 5.56 Å². The molecule has 0 bridgehead atoms. The van der Waals surface area contributed by atoms with Crippen LogP contribution in [0.5, 0.6) is 5.75 Å². The molecule has 5 nitrogen and oxygen atoms in total. The van der Waals surface area contributed by atoms with E-state index in [2.05, 4.69) is 4.74 Å². The summed E-state index contributed by atoms with van der Waals surface area (Å²) in [4.78, 5) is 23.3. The number of benzene rings is 1. The zero-order valence-electron chi connectivity index (χ0n) is 13.5. The maximum atomic E-state index is 12.5. The fraction of sp³-hybridized carbons (Fsp3) is 0.467. The molecule has 0 saturated heterocycles. The van der Waals surface area contributed by atoms with Crippen molar-refractivity contribution in [2.45, 2.75) is 35.2 Å². The molecule has 0 spiro atoms. The molecule has 1 rings (SSSR count). The van der Waals surface area contributed by atoms with E-state index < -0.39 is 46.0 Å². The minimum Gasteiger partial charge on any atom is -0.458 e. The van der Waals surface area contributed by atoms with E-state index in [1.807, 2.05) is 22.6 Å². The molecule has 1 aromatic rings. The maximum Gasteiger partial charge on any atom is 0.429 e. The molecule has 27 heavy (non-hydrogen) atoms. The highest BCUT2D eigenvalue weighted by Gasteiger charge is 2.71. The highest BCUT2D eigenvalue weighted by atomic mass is 127. The number of alkyl halides is 7. The maximum absolute atomic E-state index is 12.5. The summed E-state index contributed by atoms with van der Waals surface area (Å²) in [6, 6.07) is 4.21. The van der Waals surface area contributed by atoms with E-state index in [-0.39, 0.29) is 5.75 Å². The first-order chi connectivity index (χ1) is 12.2. The fourth-order valence-corrected chi connectivity index (χ4v) is 1.71. The lowest BCUT2D eigenvalue weighted by atomic mass is 10.0. The highest BCUT2D eigenvalue weighted by molar-refractivity contribution is 14.1. The van der Waals surface area contributed by atoms with Crippen LogP contribution in [0.1, 0.15) is 23.7 Å². The van der Waals surface area contributed by atoms with Crippen molar-refractivity contribution in [2.24, 2.45) is 0 Å². The number of hydrogen-bond donors (Lipinski definition) is 1. The largest absolute Gasteiger partial charge is 0.458 e. The van der Waals surface area contributed by atoms with Crippen LogP contribution in [0, 0.1) is 0 Å².